The zero-order chi connectivity index (χ0) is 19.9. The number of nitrogens with zero attached hydrogens (tertiary/aromatic N) is 3. The van der Waals surface area contributed by atoms with Crippen LogP contribution in [0.3, 0.4) is 0 Å². The maximum absolute atomic E-state index is 14.4. The van der Waals surface area contributed by atoms with Crippen LogP contribution < -0.4 is 16.8 Å². The summed E-state index contributed by atoms with van der Waals surface area (Å²) in [6.45, 7) is 0.425. The van der Waals surface area contributed by atoms with Crippen molar-refractivity contribution in [1.29, 1.82) is 0 Å². The van der Waals surface area contributed by atoms with Crippen LogP contribution in [0.4, 0.5) is 15.9 Å². The van der Waals surface area contributed by atoms with Gasteiger partial charge in [-0.3, -0.25) is 9.98 Å². The van der Waals surface area contributed by atoms with Crippen LogP contribution in [-0.2, 0) is 6.54 Å². The van der Waals surface area contributed by atoms with Gasteiger partial charge in [0, 0.05) is 47.7 Å². The molecule has 3 rings (SSSR count). The Hall–Kier alpha value is -3.52. The highest BCUT2D eigenvalue weighted by Crippen LogP contribution is 2.22. The molecule has 8 heteroatoms. The molecule has 0 unspecified atom stereocenters. The van der Waals surface area contributed by atoms with E-state index in [1.54, 1.807) is 30.5 Å². The molecule has 0 saturated heterocycles. The smallest absolute Gasteiger partial charge is 0.150 e. The molecule has 0 amide bonds. The van der Waals surface area contributed by atoms with Crippen LogP contribution >= 0.6 is 0 Å². The average molecular weight is 380 g/mol. The van der Waals surface area contributed by atoms with Crippen molar-refractivity contribution in [2.45, 2.75) is 6.54 Å². The third-order valence-electron chi connectivity index (χ3n) is 4.08. The SMILES string of the molecule is NC=C(C=NCCO)c1ccc(N)c(NCc2cc3cccnc3cc2F)n1. The van der Waals surface area contributed by atoms with Crippen molar-refractivity contribution in [3.8, 4) is 0 Å². The number of hydrogen-bond acceptors (Lipinski definition) is 7. The lowest BCUT2D eigenvalue weighted by molar-refractivity contribution is 0.307. The predicted molar refractivity (Wildman–Crippen MR) is 110 cm³/mol. The second-order valence-electron chi connectivity index (χ2n) is 6.01. The molecule has 7 nitrogen and oxygen atoms in total. The van der Waals surface area contributed by atoms with E-state index in [4.69, 9.17) is 16.6 Å². The van der Waals surface area contributed by atoms with Crippen molar-refractivity contribution in [2.24, 2.45) is 10.7 Å². The van der Waals surface area contributed by atoms with Crippen molar-refractivity contribution in [3.63, 3.8) is 0 Å². The lowest BCUT2D eigenvalue weighted by Gasteiger charge is -2.12. The monoisotopic (exact) mass is 380 g/mol. The maximum atomic E-state index is 14.4. The van der Waals surface area contributed by atoms with E-state index in [2.05, 4.69) is 20.3 Å². The number of aliphatic hydroxyl groups is 1. The van der Waals surface area contributed by atoms with Crippen molar-refractivity contribution in [1.82, 2.24) is 9.97 Å². The molecule has 2 heterocycles. The van der Waals surface area contributed by atoms with Crippen LogP contribution in [0.25, 0.3) is 16.5 Å². The lowest BCUT2D eigenvalue weighted by atomic mass is 10.1. The molecular formula is C20H21FN6O. The Morgan fingerprint density at radius 3 is 2.93 bits per heavy atom. The van der Waals surface area contributed by atoms with Gasteiger partial charge in [-0.15, -0.1) is 0 Å². The molecule has 0 aliphatic carbocycles. The van der Waals surface area contributed by atoms with Gasteiger partial charge < -0.3 is 21.9 Å². The molecular weight excluding hydrogens is 359 g/mol. The van der Waals surface area contributed by atoms with Gasteiger partial charge in [0.1, 0.15) is 11.6 Å². The quantitative estimate of drug-likeness (QED) is 0.467. The fourth-order valence-corrected chi connectivity index (χ4v) is 2.64. The molecule has 28 heavy (non-hydrogen) atoms. The second kappa shape index (κ2) is 8.92. The van der Waals surface area contributed by atoms with Gasteiger partial charge in [0.05, 0.1) is 30.0 Å². The van der Waals surface area contributed by atoms with E-state index in [1.165, 1.54) is 18.5 Å². The largest absolute Gasteiger partial charge is 0.404 e. The van der Waals surface area contributed by atoms with Gasteiger partial charge in [0.2, 0.25) is 0 Å². The van der Waals surface area contributed by atoms with E-state index in [9.17, 15) is 4.39 Å². The highest BCUT2D eigenvalue weighted by atomic mass is 19.1. The Morgan fingerprint density at radius 2 is 2.14 bits per heavy atom. The molecule has 3 aromatic rings. The van der Waals surface area contributed by atoms with Crippen molar-refractivity contribution >= 4 is 34.2 Å². The molecule has 0 aliphatic heterocycles. The van der Waals surface area contributed by atoms with Crippen LogP contribution in [0.2, 0.25) is 0 Å². The van der Waals surface area contributed by atoms with Crippen LogP contribution in [0.5, 0.6) is 0 Å². The first kappa shape index (κ1) is 19.2. The summed E-state index contributed by atoms with van der Waals surface area (Å²) in [5.41, 5.74) is 14.3. The van der Waals surface area contributed by atoms with Crippen molar-refractivity contribution < 1.29 is 9.50 Å². The first-order valence-corrected chi connectivity index (χ1v) is 8.69. The molecule has 6 N–H and O–H groups in total. The van der Waals surface area contributed by atoms with E-state index in [-0.39, 0.29) is 25.5 Å². The van der Waals surface area contributed by atoms with Crippen LogP contribution in [-0.4, -0.2) is 34.4 Å². The predicted octanol–water partition coefficient (Wildman–Crippen LogP) is 2.33. The van der Waals surface area contributed by atoms with E-state index in [0.29, 0.717) is 33.9 Å². The fraction of sp³-hybridized carbons (Fsp3) is 0.150. The number of nitrogen functional groups attached to an aromatic ring is 1. The number of fused-ring (bicyclic) bond motifs is 1. The van der Waals surface area contributed by atoms with Crippen molar-refractivity contribution in [3.05, 3.63) is 65.9 Å². The Balaban J connectivity index is 1.82. The fourth-order valence-electron chi connectivity index (χ4n) is 2.64. The van der Waals surface area contributed by atoms with Gasteiger partial charge in [0.25, 0.3) is 0 Å². The molecule has 0 bridgehead atoms. The molecule has 144 valence electrons. The Labute approximate surface area is 161 Å². The summed E-state index contributed by atoms with van der Waals surface area (Å²) in [5, 5.41) is 12.8. The Morgan fingerprint density at radius 1 is 1.29 bits per heavy atom. The molecule has 0 radical (unpaired) electrons. The van der Waals surface area contributed by atoms with Gasteiger partial charge >= 0.3 is 0 Å². The maximum Gasteiger partial charge on any atom is 0.150 e. The van der Waals surface area contributed by atoms with Gasteiger partial charge in [-0.2, -0.15) is 0 Å². The topological polar surface area (TPSA) is 122 Å². The molecule has 0 spiro atoms. The second-order valence-corrected chi connectivity index (χ2v) is 6.01. The molecule has 2 aromatic heterocycles. The summed E-state index contributed by atoms with van der Waals surface area (Å²) in [6.07, 6.45) is 4.54. The van der Waals surface area contributed by atoms with Crippen LogP contribution in [0.1, 0.15) is 11.3 Å². The molecule has 1 aromatic carbocycles. The zero-order valence-electron chi connectivity index (χ0n) is 15.1. The summed E-state index contributed by atoms with van der Waals surface area (Å²) in [7, 11) is 0. The first-order chi connectivity index (χ1) is 13.6. The highest BCUT2D eigenvalue weighted by molar-refractivity contribution is 6.09. The Kier molecular flexibility index (Phi) is 6.13. The number of benzene rings is 1. The molecule has 0 aliphatic rings. The summed E-state index contributed by atoms with van der Waals surface area (Å²) in [6, 6.07) is 10.2. The van der Waals surface area contributed by atoms with Crippen molar-refractivity contribution in [2.75, 3.05) is 24.2 Å². The summed E-state index contributed by atoms with van der Waals surface area (Å²) in [4.78, 5) is 12.7. The third-order valence-corrected chi connectivity index (χ3v) is 4.08. The summed E-state index contributed by atoms with van der Waals surface area (Å²) in [5.74, 6) is 0.0604. The van der Waals surface area contributed by atoms with Crippen LogP contribution in [0.15, 0.2) is 53.8 Å². The number of aliphatic hydroxyl groups excluding tert-OH is 1. The van der Waals surface area contributed by atoms with Gasteiger partial charge in [-0.25, -0.2) is 9.37 Å². The first-order valence-electron chi connectivity index (χ1n) is 8.69. The van der Waals surface area contributed by atoms with E-state index in [1.807, 2.05) is 6.07 Å². The molecule has 0 fully saturated rings. The minimum Gasteiger partial charge on any atom is -0.404 e. The summed E-state index contributed by atoms with van der Waals surface area (Å²) < 4.78 is 14.4. The number of halogens is 1. The summed E-state index contributed by atoms with van der Waals surface area (Å²) >= 11 is 0. The number of pyridine rings is 2. The highest BCUT2D eigenvalue weighted by Gasteiger charge is 2.09. The molecule has 0 saturated carbocycles. The number of nitrogens with two attached hydrogens (primary N) is 2. The number of hydrogen-bond donors (Lipinski definition) is 4. The Bertz CT molecular complexity index is 1030. The van der Waals surface area contributed by atoms with E-state index < -0.39 is 0 Å². The minimum absolute atomic E-state index is 0.0524. The average Bonchev–Trinajstić information content (AvgIpc) is 2.71. The number of anilines is 2. The number of aliphatic imine (C=N–C) groups is 1. The standard InChI is InChI=1S/C20H21FN6O/c21-16-9-19-13(2-1-5-25-19)8-14(16)12-26-20-17(23)3-4-18(27-20)15(10-22)11-24-6-7-28/h1-5,8-11,28H,6-7,12,22-23H2,(H,26,27). The minimum atomic E-state index is -0.355. The van der Waals surface area contributed by atoms with Gasteiger partial charge in [0.15, 0.2) is 0 Å². The molecule has 0 atom stereocenters. The number of nitrogens with one attached hydrogen (secondary N) is 1. The van der Waals surface area contributed by atoms with E-state index in [0.717, 1.165) is 5.39 Å². The lowest BCUT2D eigenvalue weighted by Crippen LogP contribution is -2.08. The van der Waals surface area contributed by atoms with Crippen LogP contribution in [0, 0.1) is 5.82 Å². The van der Waals surface area contributed by atoms with Gasteiger partial charge in [-0.05, 0) is 24.3 Å². The zero-order valence-corrected chi connectivity index (χ0v) is 15.1. The number of aromatic nitrogens is 2. The number of rotatable bonds is 7. The van der Waals surface area contributed by atoms with Gasteiger partial charge in [-0.1, -0.05) is 6.07 Å². The number of allylic oxidation sites excluding steroid dienone is 1. The normalized spacial score (nSPS) is 12.0. The van der Waals surface area contributed by atoms with E-state index >= 15 is 0 Å². The third kappa shape index (κ3) is 4.41.